The van der Waals surface area contributed by atoms with Gasteiger partial charge in [0, 0.05) is 25.0 Å². The number of benzene rings is 1. The summed E-state index contributed by atoms with van der Waals surface area (Å²) in [6.07, 6.45) is 2.81. The SMILES string of the molecule is CCn1nc(CCO)c(=O)c2ccc(C3CC3)cc21. The van der Waals surface area contributed by atoms with Crippen LogP contribution < -0.4 is 5.43 Å². The fourth-order valence-electron chi connectivity index (χ4n) is 2.54. The maximum absolute atomic E-state index is 12.3. The van der Waals surface area contributed by atoms with Gasteiger partial charge in [0.15, 0.2) is 0 Å². The van der Waals surface area contributed by atoms with Gasteiger partial charge in [0.2, 0.25) is 5.43 Å². The van der Waals surface area contributed by atoms with Crippen molar-refractivity contribution in [3.8, 4) is 0 Å². The largest absolute Gasteiger partial charge is 0.396 e. The highest BCUT2D eigenvalue weighted by Gasteiger charge is 2.24. The molecule has 100 valence electrons. The molecule has 0 bridgehead atoms. The number of hydrogen-bond donors (Lipinski definition) is 1. The molecule has 4 heteroatoms. The number of aromatic nitrogens is 2. The zero-order valence-corrected chi connectivity index (χ0v) is 11.1. The Morgan fingerprint density at radius 1 is 1.42 bits per heavy atom. The minimum Gasteiger partial charge on any atom is -0.396 e. The molecule has 0 unspecified atom stereocenters. The minimum atomic E-state index is -0.0453. The molecule has 0 spiro atoms. The van der Waals surface area contributed by atoms with Crippen LogP contribution in [0.4, 0.5) is 0 Å². The van der Waals surface area contributed by atoms with Gasteiger partial charge in [-0.2, -0.15) is 5.10 Å². The highest BCUT2D eigenvalue weighted by Crippen LogP contribution is 2.40. The number of fused-ring (bicyclic) bond motifs is 1. The van der Waals surface area contributed by atoms with E-state index >= 15 is 0 Å². The summed E-state index contributed by atoms with van der Waals surface area (Å²) in [4.78, 5) is 12.3. The molecule has 1 aliphatic rings. The second kappa shape index (κ2) is 4.78. The molecule has 0 amide bonds. The van der Waals surface area contributed by atoms with E-state index in [0.717, 1.165) is 12.1 Å². The molecule has 0 atom stereocenters. The summed E-state index contributed by atoms with van der Waals surface area (Å²) in [6, 6.07) is 6.08. The van der Waals surface area contributed by atoms with Crippen molar-refractivity contribution in [1.29, 1.82) is 0 Å². The van der Waals surface area contributed by atoms with Crippen molar-refractivity contribution in [2.45, 2.75) is 38.6 Å². The number of nitrogens with zero attached hydrogens (tertiary/aromatic N) is 2. The Labute approximate surface area is 111 Å². The topological polar surface area (TPSA) is 55.1 Å². The smallest absolute Gasteiger partial charge is 0.211 e. The normalized spacial score (nSPS) is 15.1. The van der Waals surface area contributed by atoms with Crippen molar-refractivity contribution < 1.29 is 5.11 Å². The summed E-state index contributed by atoms with van der Waals surface area (Å²) in [5, 5.41) is 14.1. The number of aliphatic hydroxyl groups excluding tert-OH is 1. The third-order valence-corrected chi connectivity index (χ3v) is 3.74. The minimum absolute atomic E-state index is 0.0440. The van der Waals surface area contributed by atoms with Crippen molar-refractivity contribution in [1.82, 2.24) is 9.78 Å². The molecule has 1 heterocycles. The maximum atomic E-state index is 12.3. The molecule has 0 saturated heterocycles. The predicted octanol–water partition coefficient (Wildman–Crippen LogP) is 1.83. The Hall–Kier alpha value is -1.68. The fourth-order valence-corrected chi connectivity index (χ4v) is 2.54. The van der Waals surface area contributed by atoms with Crippen molar-refractivity contribution in [2.24, 2.45) is 0 Å². The molecule has 0 aliphatic heterocycles. The van der Waals surface area contributed by atoms with E-state index < -0.39 is 0 Å². The predicted molar refractivity (Wildman–Crippen MR) is 74.4 cm³/mol. The Morgan fingerprint density at radius 3 is 2.84 bits per heavy atom. The van der Waals surface area contributed by atoms with Crippen LogP contribution in [0.1, 0.15) is 36.9 Å². The van der Waals surface area contributed by atoms with Gasteiger partial charge in [0.1, 0.15) is 5.69 Å². The van der Waals surface area contributed by atoms with Crippen LogP contribution in [-0.2, 0) is 13.0 Å². The van der Waals surface area contributed by atoms with Gasteiger partial charge in [-0.15, -0.1) is 0 Å². The summed E-state index contributed by atoms with van der Waals surface area (Å²) in [5.74, 6) is 0.668. The van der Waals surface area contributed by atoms with Crippen LogP contribution in [0.15, 0.2) is 23.0 Å². The molecule has 3 rings (SSSR count). The van der Waals surface area contributed by atoms with Crippen LogP contribution >= 0.6 is 0 Å². The first-order valence-electron chi connectivity index (χ1n) is 6.89. The Morgan fingerprint density at radius 2 is 2.21 bits per heavy atom. The van der Waals surface area contributed by atoms with Gasteiger partial charge in [-0.3, -0.25) is 9.48 Å². The number of rotatable bonds is 4. The Bertz CT molecular complexity index is 672. The first-order chi connectivity index (χ1) is 9.24. The summed E-state index contributed by atoms with van der Waals surface area (Å²) in [5.41, 5.74) is 2.64. The fraction of sp³-hybridized carbons (Fsp3) is 0.467. The molecule has 1 N–H and O–H groups in total. The van der Waals surface area contributed by atoms with Crippen molar-refractivity contribution in [2.75, 3.05) is 6.61 Å². The molecule has 1 saturated carbocycles. The molecule has 2 aromatic rings. The quantitative estimate of drug-likeness (QED) is 0.910. The average molecular weight is 258 g/mol. The third-order valence-electron chi connectivity index (χ3n) is 3.74. The van der Waals surface area contributed by atoms with Gasteiger partial charge >= 0.3 is 0 Å². The van der Waals surface area contributed by atoms with E-state index in [9.17, 15) is 4.79 Å². The van der Waals surface area contributed by atoms with Crippen LogP contribution in [0.3, 0.4) is 0 Å². The lowest BCUT2D eigenvalue weighted by Gasteiger charge is -2.11. The van der Waals surface area contributed by atoms with Gasteiger partial charge in [-0.25, -0.2) is 0 Å². The van der Waals surface area contributed by atoms with Gasteiger partial charge in [-0.1, -0.05) is 6.07 Å². The third kappa shape index (κ3) is 2.16. The Balaban J connectivity index is 2.23. The summed E-state index contributed by atoms with van der Waals surface area (Å²) < 4.78 is 1.87. The van der Waals surface area contributed by atoms with Crippen LogP contribution in [0.25, 0.3) is 10.9 Å². The van der Waals surface area contributed by atoms with E-state index in [4.69, 9.17) is 5.11 Å². The van der Waals surface area contributed by atoms with Gasteiger partial charge < -0.3 is 5.11 Å². The molecule has 1 aliphatic carbocycles. The van der Waals surface area contributed by atoms with Gasteiger partial charge in [-0.05, 0) is 43.4 Å². The van der Waals surface area contributed by atoms with E-state index in [0.29, 0.717) is 23.4 Å². The lowest BCUT2D eigenvalue weighted by Crippen LogP contribution is -2.20. The molecule has 19 heavy (non-hydrogen) atoms. The molecule has 1 aromatic carbocycles. The van der Waals surface area contributed by atoms with Crippen molar-refractivity contribution in [3.05, 3.63) is 39.7 Å². The highest BCUT2D eigenvalue weighted by atomic mass is 16.3. The first-order valence-corrected chi connectivity index (χ1v) is 6.89. The molecule has 0 radical (unpaired) electrons. The average Bonchev–Trinajstić information content (AvgIpc) is 3.26. The summed E-state index contributed by atoms with van der Waals surface area (Å²) >= 11 is 0. The molecule has 1 fully saturated rings. The second-order valence-corrected chi connectivity index (χ2v) is 5.12. The van der Waals surface area contributed by atoms with Crippen LogP contribution in [0, 0.1) is 0 Å². The molecule has 4 nitrogen and oxygen atoms in total. The molecule has 1 aromatic heterocycles. The zero-order valence-electron chi connectivity index (χ0n) is 11.1. The second-order valence-electron chi connectivity index (χ2n) is 5.12. The molecular formula is C15H18N2O2. The van der Waals surface area contributed by atoms with Gasteiger partial charge in [0.05, 0.1) is 5.52 Å². The highest BCUT2D eigenvalue weighted by molar-refractivity contribution is 5.79. The van der Waals surface area contributed by atoms with E-state index in [-0.39, 0.29) is 12.0 Å². The Kier molecular flexibility index (Phi) is 3.11. The summed E-state index contributed by atoms with van der Waals surface area (Å²) in [6.45, 7) is 2.70. The lowest BCUT2D eigenvalue weighted by atomic mass is 10.1. The standard InChI is InChI=1S/C15H18N2O2/c1-2-17-14-9-11(10-3-4-10)5-6-12(14)15(19)13(16-17)7-8-18/h5-6,9-10,18H,2-4,7-8H2,1H3. The monoisotopic (exact) mass is 258 g/mol. The van der Waals surface area contributed by atoms with Gasteiger partial charge in [0.25, 0.3) is 0 Å². The number of hydrogen-bond acceptors (Lipinski definition) is 3. The number of aliphatic hydroxyl groups is 1. The van der Waals surface area contributed by atoms with E-state index in [2.05, 4.69) is 17.2 Å². The van der Waals surface area contributed by atoms with Crippen molar-refractivity contribution in [3.63, 3.8) is 0 Å². The first kappa shape index (κ1) is 12.4. The van der Waals surface area contributed by atoms with Crippen LogP contribution in [-0.4, -0.2) is 21.5 Å². The zero-order chi connectivity index (χ0) is 13.4. The van der Waals surface area contributed by atoms with Crippen molar-refractivity contribution >= 4 is 10.9 Å². The summed E-state index contributed by atoms with van der Waals surface area (Å²) in [7, 11) is 0. The maximum Gasteiger partial charge on any atom is 0.211 e. The number of aryl methyl sites for hydroxylation is 1. The van der Waals surface area contributed by atoms with Crippen LogP contribution in [0.5, 0.6) is 0 Å². The van der Waals surface area contributed by atoms with E-state index in [1.165, 1.54) is 18.4 Å². The lowest BCUT2D eigenvalue weighted by molar-refractivity contribution is 0.297. The van der Waals surface area contributed by atoms with E-state index in [1.807, 2.05) is 17.7 Å². The van der Waals surface area contributed by atoms with E-state index in [1.54, 1.807) is 0 Å². The molecular weight excluding hydrogens is 240 g/mol. The van der Waals surface area contributed by atoms with Crippen LogP contribution in [0.2, 0.25) is 0 Å².